The number of hydrogen-bond acceptors (Lipinski definition) is 4. The minimum atomic E-state index is -0.0638. The molecule has 1 fully saturated rings. The van der Waals surface area contributed by atoms with Crippen molar-refractivity contribution in [2.75, 3.05) is 19.7 Å². The van der Waals surface area contributed by atoms with Crippen LogP contribution in [0.15, 0.2) is 30.2 Å². The number of aromatic nitrogens is 2. The first-order valence-corrected chi connectivity index (χ1v) is 9.12. The molecule has 5 nitrogen and oxygen atoms in total. The summed E-state index contributed by atoms with van der Waals surface area (Å²) < 4.78 is 7.99. The molecule has 2 atom stereocenters. The van der Waals surface area contributed by atoms with E-state index in [9.17, 15) is 4.79 Å². The average Bonchev–Trinajstić information content (AvgIpc) is 3.27. The van der Waals surface area contributed by atoms with Crippen molar-refractivity contribution in [1.82, 2.24) is 14.5 Å². The quantitative estimate of drug-likeness (QED) is 0.869. The highest BCUT2D eigenvalue weighted by Crippen LogP contribution is 2.34. The van der Waals surface area contributed by atoms with Crippen molar-refractivity contribution in [2.24, 2.45) is 0 Å². The number of thiophene rings is 1. The summed E-state index contributed by atoms with van der Waals surface area (Å²) in [6.45, 7) is 2.36. The molecule has 0 bridgehead atoms. The first-order chi connectivity index (χ1) is 11.3. The van der Waals surface area contributed by atoms with Crippen LogP contribution in [0.5, 0.6) is 0 Å². The third-order valence-electron chi connectivity index (χ3n) is 4.83. The lowest BCUT2D eigenvalue weighted by Gasteiger charge is -2.34. The molecule has 4 rings (SSSR count). The molecular formula is C17H21N3O2S. The number of nitrogens with zero attached hydrogens (tertiary/aromatic N) is 3. The summed E-state index contributed by atoms with van der Waals surface area (Å²) in [4.78, 5) is 20.2. The van der Waals surface area contributed by atoms with Crippen molar-refractivity contribution >= 4 is 17.2 Å². The molecule has 6 heteroatoms. The lowest BCUT2D eigenvalue weighted by Crippen LogP contribution is -2.41. The molecular weight excluding hydrogens is 310 g/mol. The van der Waals surface area contributed by atoms with E-state index >= 15 is 0 Å². The summed E-state index contributed by atoms with van der Waals surface area (Å²) in [6.07, 6.45) is 9.16. The fourth-order valence-electron chi connectivity index (χ4n) is 3.59. The molecule has 2 aliphatic heterocycles. The van der Waals surface area contributed by atoms with Crippen LogP contribution >= 0.6 is 11.3 Å². The molecule has 0 N–H and O–H groups in total. The SMILES string of the molecule is O=C(C[C@H]1OCCc2sccc21)N1CCC[C@@H](n2ccnc2)C1. The Hall–Kier alpha value is -1.66. The Morgan fingerprint density at radius 2 is 2.43 bits per heavy atom. The highest BCUT2D eigenvalue weighted by atomic mass is 32.1. The van der Waals surface area contributed by atoms with Crippen LogP contribution < -0.4 is 0 Å². The second kappa shape index (κ2) is 6.45. The average molecular weight is 331 g/mol. The van der Waals surface area contributed by atoms with Gasteiger partial charge in [0.05, 0.1) is 31.5 Å². The minimum absolute atomic E-state index is 0.0638. The zero-order valence-corrected chi connectivity index (χ0v) is 13.9. The molecule has 0 spiro atoms. The normalized spacial score (nSPS) is 24.4. The van der Waals surface area contributed by atoms with E-state index in [0.29, 0.717) is 12.5 Å². The van der Waals surface area contributed by atoms with Crippen molar-refractivity contribution in [3.05, 3.63) is 40.6 Å². The van der Waals surface area contributed by atoms with E-state index in [4.69, 9.17) is 4.74 Å². The van der Waals surface area contributed by atoms with Gasteiger partial charge in [-0.3, -0.25) is 4.79 Å². The van der Waals surface area contributed by atoms with Gasteiger partial charge in [0.25, 0.3) is 0 Å². The second-order valence-electron chi connectivity index (χ2n) is 6.26. The summed E-state index contributed by atoms with van der Waals surface area (Å²) in [5.74, 6) is 0.207. The fourth-order valence-corrected chi connectivity index (χ4v) is 4.51. The number of likely N-dealkylation sites (tertiary alicyclic amines) is 1. The van der Waals surface area contributed by atoms with Crippen LogP contribution in [0.2, 0.25) is 0 Å². The van der Waals surface area contributed by atoms with E-state index in [0.717, 1.165) is 39.0 Å². The maximum absolute atomic E-state index is 12.7. The molecule has 122 valence electrons. The van der Waals surface area contributed by atoms with Crippen LogP contribution in [-0.2, 0) is 16.0 Å². The molecule has 0 aromatic carbocycles. The number of fused-ring (bicyclic) bond motifs is 1. The summed E-state index contributed by atoms with van der Waals surface area (Å²) in [7, 11) is 0. The highest BCUT2D eigenvalue weighted by molar-refractivity contribution is 7.10. The topological polar surface area (TPSA) is 47.4 Å². The number of hydrogen-bond donors (Lipinski definition) is 0. The standard InChI is InChI=1S/C17H21N3O2S/c21-17(10-15-14-4-9-23-16(14)3-8-22-15)19-6-1-2-13(11-19)20-7-5-18-12-20/h4-5,7,9,12-13,15H,1-3,6,8,10-11H2/t13-,15-/m1/s1. The predicted molar refractivity (Wildman–Crippen MR) is 88.4 cm³/mol. The van der Waals surface area contributed by atoms with Gasteiger partial charge in [0.15, 0.2) is 0 Å². The van der Waals surface area contributed by atoms with E-state index in [1.165, 1.54) is 10.4 Å². The van der Waals surface area contributed by atoms with Crippen LogP contribution in [-0.4, -0.2) is 40.1 Å². The van der Waals surface area contributed by atoms with Gasteiger partial charge in [-0.05, 0) is 29.9 Å². The summed E-state index contributed by atoms with van der Waals surface area (Å²) >= 11 is 1.78. The lowest BCUT2D eigenvalue weighted by molar-refractivity contribution is -0.136. The van der Waals surface area contributed by atoms with Gasteiger partial charge in [0.2, 0.25) is 5.91 Å². The van der Waals surface area contributed by atoms with Gasteiger partial charge in [-0.25, -0.2) is 4.98 Å². The number of ether oxygens (including phenoxy) is 1. The Bertz CT molecular complexity index is 667. The number of carbonyl (C=O) groups is 1. The smallest absolute Gasteiger partial charge is 0.225 e. The number of piperidine rings is 1. The maximum Gasteiger partial charge on any atom is 0.225 e. The first kappa shape index (κ1) is 14.9. The zero-order chi connectivity index (χ0) is 15.6. The number of rotatable bonds is 3. The van der Waals surface area contributed by atoms with E-state index in [1.807, 2.05) is 17.4 Å². The molecule has 0 radical (unpaired) electrons. The van der Waals surface area contributed by atoms with Crippen LogP contribution in [0.25, 0.3) is 0 Å². The van der Waals surface area contributed by atoms with Crippen LogP contribution in [0.4, 0.5) is 0 Å². The van der Waals surface area contributed by atoms with Crippen LogP contribution in [0, 0.1) is 0 Å². The van der Waals surface area contributed by atoms with Gasteiger partial charge in [-0.15, -0.1) is 11.3 Å². The van der Waals surface area contributed by atoms with Gasteiger partial charge >= 0.3 is 0 Å². The molecule has 2 aromatic rings. The molecule has 0 aliphatic carbocycles. The Morgan fingerprint density at radius 1 is 1.48 bits per heavy atom. The van der Waals surface area contributed by atoms with Crippen molar-refractivity contribution in [3.63, 3.8) is 0 Å². The largest absolute Gasteiger partial charge is 0.373 e. The van der Waals surface area contributed by atoms with Gasteiger partial charge in [0, 0.05) is 36.8 Å². The molecule has 2 aromatic heterocycles. The lowest BCUT2D eigenvalue weighted by atomic mass is 10.0. The molecule has 1 saturated heterocycles. The highest BCUT2D eigenvalue weighted by Gasteiger charge is 2.29. The third kappa shape index (κ3) is 3.05. The summed E-state index contributed by atoms with van der Waals surface area (Å²) in [6, 6.07) is 2.46. The first-order valence-electron chi connectivity index (χ1n) is 8.24. The third-order valence-corrected chi connectivity index (χ3v) is 5.83. The van der Waals surface area contributed by atoms with Crippen molar-refractivity contribution in [3.8, 4) is 0 Å². The minimum Gasteiger partial charge on any atom is -0.373 e. The van der Waals surface area contributed by atoms with Gasteiger partial charge in [0.1, 0.15) is 0 Å². The Labute approximate surface area is 139 Å². The van der Waals surface area contributed by atoms with Crippen molar-refractivity contribution < 1.29 is 9.53 Å². The molecule has 0 unspecified atom stereocenters. The van der Waals surface area contributed by atoms with Gasteiger partial charge < -0.3 is 14.2 Å². The van der Waals surface area contributed by atoms with Crippen molar-refractivity contribution in [2.45, 2.75) is 37.8 Å². The number of carbonyl (C=O) groups excluding carboxylic acids is 1. The summed E-state index contributed by atoms with van der Waals surface area (Å²) in [5.41, 5.74) is 1.22. The Balaban J connectivity index is 1.42. The van der Waals surface area contributed by atoms with E-state index in [-0.39, 0.29) is 12.0 Å². The second-order valence-corrected chi connectivity index (χ2v) is 7.26. The molecule has 2 aliphatic rings. The zero-order valence-electron chi connectivity index (χ0n) is 13.1. The Morgan fingerprint density at radius 3 is 3.30 bits per heavy atom. The maximum atomic E-state index is 12.7. The van der Waals surface area contributed by atoms with E-state index in [2.05, 4.69) is 21.0 Å². The molecule has 4 heterocycles. The molecule has 0 saturated carbocycles. The summed E-state index contributed by atoms with van der Waals surface area (Å²) in [5, 5.41) is 2.10. The van der Waals surface area contributed by atoms with Gasteiger partial charge in [-0.1, -0.05) is 0 Å². The predicted octanol–water partition coefficient (Wildman–Crippen LogP) is 2.81. The monoisotopic (exact) mass is 331 g/mol. The van der Waals surface area contributed by atoms with Crippen LogP contribution in [0.1, 0.15) is 41.8 Å². The number of amides is 1. The van der Waals surface area contributed by atoms with E-state index in [1.54, 1.807) is 17.5 Å². The Kier molecular flexibility index (Phi) is 4.18. The molecule has 23 heavy (non-hydrogen) atoms. The van der Waals surface area contributed by atoms with Crippen molar-refractivity contribution in [1.29, 1.82) is 0 Å². The van der Waals surface area contributed by atoms with Gasteiger partial charge in [-0.2, -0.15) is 0 Å². The molecule has 1 amide bonds. The number of imidazole rings is 1. The van der Waals surface area contributed by atoms with E-state index < -0.39 is 0 Å². The van der Waals surface area contributed by atoms with Crippen LogP contribution in [0.3, 0.4) is 0 Å². The fraction of sp³-hybridized carbons (Fsp3) is 0.529.